The highest BCUT2D eigenvalue weighted by molar-refractivity contribution is 5.92. The van der Waals surface area contributed by atoms with E-state index in [4.69, 9.17) is 14.7 Å². The van der Waals surface area contributed by atoms with Crippen molar-refractivity contribution in [3.63, 3.8) is 0 Å². The lowest BCUT2D eigenvalue weighted by atomic mass is 9.92. The molecule has 3 heterocycles. The van der Waals surface area contributed by atoms with Gasteiger partial charge >= 0.3 is 6.09 Å². The van der Waals surface area contributed by atoms with E-state index in [-0.39, 0.29) is 12.1 Å². The zero-order valence-electron chi connectivity index (χ0n) is 20.0. The van der Waals surface area contributed by atoms with Crippen LogP contribution in [-0.4, -0.2) is 42.1 Å². The Kier molecular flexibility index (Phi) is 6.43. The van der Waals surface area contributed by atoms with E-state index in [0.717, 1.165) is 61.2 Å². The first kappa shape index (κ1) is 22.9. The van der Waals surface area contributed by atoms with Gasteiger partial charge in [-0.15, -0.1) is 0 Å². The van der Waals surface area contributed by atoms with Crippen LogP contribution in [0.3, 0.4) is 0 Å². The van der Waals surface area contributed by atoms with Gasteiger partial charge in [0.25, 0.3) is 0 Å². The van der Waals surface area contributed by atoms with Gasteiger partial charge in [0.15, 0.2) is 0 Å². The summed E-state index contributed by atoms with van der Waals surface area (Å²) in [6.45, 7) is 4.01. The summed E-state index contributed by atoms with van der Waals surface area (Å²) < 4.78 is 13.6. The Morgan fingerprint density at radius 3 is 2.63 bits per heavy atom. The normalized spacial score (nSPS) is 18.0. The van der Waals surface area contributed by atoms with Crippen LogP contribution >= 0.6 is 0 Å². The Morgan fingerprint density at radius 2 is 1.91 bits per heavy atom. The van der Waals surface area contributed by atoms with Crippen molar-refractivity contribution >= 4 is 11.8 Å². The van der Waals surface area contributed by atoms with Gasteiger partial charge in [0, 0.05) is 28.9 Å². The van der Waals surface area contributed by atoms with Gasteiger partial charge in [0.1, 0.15) is 11.5 Å². The molecule has 3 aromatic rings. The van der Waals surface area contributed by atoms with Gasteiger partial charge in [-0.3, -0.25) is 9.58 Å². The minimum Gasteiger partial charge on any atom is -0.456 e. The lowest BCUT2D eigenvalue weighted by Gasteiger charge is -2.35. The molecule has 1 fully saturated rings. The summed E-state index contributed by atoms with van der Waals surface area (Å²) in [4.78, 5) is 14.3. The number of nitrogens with zero attached hydrogens (tertiary/aromatic N) is 4. The predicted molar refractivity (Wildman–Crippen MR) is 133 cm³/mol. The molecule has 0 saturated carbocycles. The van der Waals surface area contributed by atoms with Crippen LogP contribution < -0.4 is 15.0 Å². The van der Waals surface area contributed by atoms with E-state index in [1.807, 2.05) is 25.3 Å². The fourth-order valence-corrected chi connectivity index (χ4v) is 4.99. The number of piperidine rings is 1. The highest BCUT2D eigenvalue weighted by atomic mass is 16.5. The summed E-state index contributed by atoms with van der Waals surface area (Å²) in [6.07, 6.45) is 7.26. The molecule has 8 heteroatoms. The predicted octanol–water partition coefficient (Wildman–Crippen LogP) is 5.05. The number of hydrogen-bond acceptors (Lipinski definition) is 6. The minimum atomic E-state index is -0.380. The second-order valence-electron chi connectivity index (χ2n) is 9.10. The van der Waals surface area contributed by atoms with Crippen LogP contribution in [0.1, 0.15) is 43.4 Å². The monoisotopic (exact) mass is 471 g/mol. The second-order valence-corrected chi connectivity index (χ2v) is 9.10. The number of benzene rings is 2. The number of nitrogens with one attached hydrogen (secondary N) is 1. The maximum atomic E-state index is 12.6. The number of rotatable bonds is 4. The molecule has 8 nitrogen and oxygen atoms in total. The lowest BCUT2D eigenvalue weighted by Crippen LogP contribution is -2.42. The fraction of sp³-hybridized carbons (Fsp3) is 0.370. The SMILES string of the molecule is COC(=O)N1c2ccc(-c3cnn(C4CCNCC4)c3)c(Oc3ccc(C#N)cc3)c2CCC1C. The molecular formula is C27H29N5O3. The molecule has 0 aliphatic carbocycles. The van der Waals surface area contributed by atoms with Crippen molar-refractivity contribution < 1.29 is 14.3 Å². The summed E-state index contributed by atoms with van der Waals surface area (Å²) in [7, 11) is 1.40. The van der Waals surface area contributed by atoms with Crippen LogP contribution in [0.2, 0.25) is 0 Å². The van der Waals surface area contributed by atoms with Crippen LogP contribution in [0, 0.1) is 11.3 Å². The van der Waals surface area contributed by atoms with Crippen molar-refractivity contribution in [1.29, 1.82) is 5.26 Å². The smallest absolute Gasteiger partial charge is 0.414 e. The Labute approximate surface area is 205 Å². The fourth-order valence-electron chi connectivity index (χ4n) is 4.99. The summed E-state index contributed by atoms with van der Waals surface area (Å²) in [5.41, 5.74) is 4.23. The average Bonchev–Trinajstić information content (AvgIpc) is 3.39. The molecule has 180 valence electrons. The van der Waals surface area contributed by atoms with Gasteiger partial charge in [-0.2, -0.15) is 10.4 Å². The Bertz CT molecular complexity index is 1250. The topological polar surface area (TPSA) is 92.4 Å². The third kappa shape index (κ3) is 4.47. The van der Waals surface area contributed by atoms with Crippen LogP contribution in [0.5, 0.6) is 11.5 Å². The number of anilines is 1. The number of nitriles is 1. The van der Waals surface area contributed by atoms with Crippen LogP contribution in [0.25, 0.3) is 11.1 Å². The number of hydrogen-bond donors (Lipinski definition) is 1. The summed E-state index contributed by atoms with van der Waals surface area (Å²) >= 11 is 0. The van der Waals surface area contributed by atoms with Crippen LogP contribution in [0.4, 0.5) is 10.5 Å². The number of fused-ring (bicyclic) bond motifs is 1. The number of methoxy groups -OCH3 is 1. The van der Waals surface area contributed by atoms with Gasteiger partial charge in [-0.05, 0) is 82.1 Å². The summed E-state index contributed by atoms with van der Waals surface area (Å²) in [6, 6.07) is 13.6. The third-order valence-electron chi connectivity index (χ3n) is 6.92. The first-order chi connectivity index (χ1) is 17.1. The molecular weight excluding hydrogens is 442 g/mol. The minimum absolute atomic E-state index is 0.0197. The van der Waals surface area contributed by atoms with Crippen molar-refractivity contribution in [3.05, 3.63) is 59.9 Å². The largest absolute Gasteiger partial charge is 0.456 e. The first-order valence-electron chi connectivity index (χ1n) is 12.1. The maximum Gasteiger partial charge on any atom is 0.414 e. The molecule has 5 rings (SSSR count). The van der Waals surface area contributed by atoms with Gasteiger partial charge in [-0.25, -0.2) is 4.79 Å². The van der Waals surface area contributed by atoms with E-state index in [9.17, 15) is 4.79 Å². The number of aromatic nitrogens is 2. The maximum absolute atomic E-state index is 12.6. The molecule has 1 saturated heterocycles. The van der Waals surface area contributed by atoms with Crippen molar-refractivity contribution in [3.8, 4) is 28.7 Å². The molecule has 2 aliphatic rings. The molecule has 0 bridgehead atoms. The van der Waals surface area contributed by atoms with E-state index in [1.54, 1.807) is 29.2 Å². The van der Waals surface area contributed by atoms with Gasteiger partial charge < -0.3 is 14.8 Å². The van der Waals surface area contributed by atoms with Crippen LogP contribution in [0.15, 0.2) is 48.8 Å². The van der Waals surface area contributed by atoms with Gasteiger partial charge in [0.05, 0.1) is 36.7 Å². The zero-order valence-corrected chi connectivity index (χ0v) is 20.0. The van der Waals surface area contributed by atoms with Crippen molar-refractivity contribution in [2.24, 2.45) is 0 Å². The van der Waals surface area contributed by atoms with E-state index < -0.39 is 0 Å². The zero-order chi connectivity index (χ0) is 24.4. The molecule has 35 heavy (non-hydrogen) atoms. The van der Waals surface area contributed by atoms with Crippen molar-refractivity contribution in [2.75, 3.05) is 25.1 Å². The van der Waals surface area contributed by atoms with Gasteiger partial charge in [-0.1, -0.05) is 0 Å². The molecule has 0 radical (unpaired) electrons. The Morgan fingerprint density at radius 1 is 1.14 bits per heavy atom. The number of amides is 1. The summed E-state index contributed by atoms with van der Waals surface area (Å²) in [5, 5.41) is 17.2. The van der Waals surface area contributed by atoms with E-state index >= 15 is 0 Å². The molecule has 1 unspecified atom stereocenters. The van der Waals surface area contributed by atoms with Gasteiger partial charge in [0.2, 0.25) is 0 Å². The number of ether oxygens (including phenoxy) is 2. The lowest BCUT2D eigenvalue weighted by molar-refractivity contribution is 0.175. The Hall–Kier alpha value is -3.83. The molecule has 2 aromatic carbocycles. The van der Waals surface area contributed by atoms with Crippen LogP contribution in [-0.2, 0) is 11.2 Å². The third-order valence-corrected chi connectivity index (χ3v) is 6.92. The average molecular weight is 472 g/mol. The Balaban J connectivity index is 1.59. The van der Waals surface area contributed by atoms with Crippen molar-refractivity contribution in [1.82, 2.24) is 15.1 Å². The molecule has 1 N–H and O–H groups in total. The quantitative estimate of drug-likeness (QED) is 0.573. The first-order valence-corrected chi connectivity index (χ1v) is 12.1. The molecule has 1 amide bonds. The highest BCUT2D eigenvalue weighted by Crippen LogP contribution is 2.45. The highest BCUT2D eigenvalue weighted by Gasteiger charge is 2.32. The molecule has 2 aliphatic heterocycles. The molecule has 0 spiro atoms. The standard InChI is InChI=1S/C27H29N5O3/c1-18-3-8-24-25(32(18)27(33)34-2)10-9-23(26(24)35-22-6-4-19(15-28)5-7-22)20-16-30-31(17-20)21-11-13-29-14-12-21/h4-7,9-10,16-18,21,29H,3,8,11-14H2,1-2H3. The van der Waals surface area contributed by atoms with E-state index in [2.05, 4.69) is 27.4 Å². The van der Waals surface area contributed by atoms with E-state index in [0.29, 0.717) is 23.1 Å². The summed E-state index contributed by atoms with van der Waals surface area (Å²) in [5.74, 6) is 1.34. The van der Waals surface area contributed by atoms with E-state index in [1.165, 1.54) is 7.11 Å². The molecule has 1 aromatic heterocycles. The second kappa shape index (κ2) is 9.80. The molecule has 1 atom stereocenters. The number of carbonyl (C=O) groups excluding carboxylic acids is 1. The number of carbonyl (C=O) groups is 1. The van der Waals surface area contributed by atoms with Crippen molar-refractivity contribution in [2.45, 2.75) is 44.7 Å².